The lowest BCUT2D eigenvalue weighted by molar-refractivity contribution is -0.122. The van der Waals surface area contributed by atoms with Crippen molar-refractivity contribution in [2.45, 2.75) is 56.6 Å². The topological polar surface area (TPSA) is 38.3 Å². The van der Waals surface area contributed by atoms with Crippen molar-refractivity contribution in [3.8, 4) is 0 Å². The molecule has 1 aromatic rings. The molecule has 120 valence electrons. The maximum atomic E-state index is 12.0. The van der Waals surface area contributed by atoms with Gasteiger partial charge in [-0.2, -0.15) is 0 Å². The van der Waals surface area contributed by atoms with Gasteiger partial charge in [0.1, 0.15) is 0 Å². The first kappa shape index (κ1) is 13.8. The zero-order valence-corrected chi connectivity index (χ0v) is 13.4. The number of carbonyl (C=O) groups excluding carboxylic acids is 1. The van der Waals surface area contributed by atoms with E-state index < -0.39 is 0 Å². The van der Waals surface area contributed by atoms with Gasteiger partial charge in [0.2, 0.25) is 5.91 Å². The molecule has 3 aliphatic carbocycles. The van der Waals surface area contributed by atoms with E-state index in [0.29, 0.717) is 17.9 Å². The molecule has 1 unspecified atom stereocenters. The summed E-state index contributed by atoms with van der Waals surface area (Å²) in [4.78, 5) is 12.0. The molecule has 5 rings (SSSR count). The second-order valence-electron chi connectivity index (χ2n) is 7.47. The van der Waals surface area contributed by atoms with Gasteiger partial charge in [-0.1, -0.05) is 24.3 Å². The van der Waals surface area contributed by atoms with Crippen molar-refractivity contribution in [1.82, 2.24) is 5.32 Å². The number of carbonyl (C=O) groups is 1. The van der Waals surface area contributed by atoms with Gasteiger partial charge >= 0.3 is 0 Å². The Balaban J connectivity index is 1.50. The smallest absolute Gasteiger partial charge is 0.223 e. The fraction of sp³-hybridized carbons (Fsp3) is 0.550. The lowest BCUT2D eigenvalue weighted by Gasteiger charge is -2.28. The SMILES string of the molecule is O=C(N[C@@H]1C[C@H]1c1cccc2c1=C1CCCOC1CC=2)C1CC1. The highest BCUT2D eigenvalue weighted by Gasteiger charge is 2.43. The van der Waals surface area contributed by atoms with Gasteiger partial charge in [-0.05, 0) is 60.1 Å². The van der Waals surface area contributed by atoms with E-state index in [2.05, 4.69) is 29.6 Å². The van der Waals surface area contributed by atoms with Crippen molar-refractivity contribution in [2.24, 2.45) is 5.92 Å². The second kappa shape index (κ2) is 5.20. The van der Waals surface area contributed by atoms with E-state index in [1.807, 2.05) is 0 Å². The Bertz CT molecular complexity index is 777. The number of hydrogen-bond acceptors (Lipinski definition) is 2. The average Bonchev–Trinajstić information content (AvgIpc) is 3.48. The van der Waals surface area contributed by atoms with Gasteiger partial charge in [0.15, 0.2) is 0 Å². The van der Waals surface area contributed by atoms with Crippen LogP contribution in [-0.2, 0) is 9.53 Å². The molecule has 1 N–H and O–H groups in total. The quantitative estimate of drug-likeness (QED) is 0.921. The molecule has 3 heteroatoms. The fourth-order valence-corrected chi connectivity index (χ4v) is 4.26. The van der Waals surface area contributed by atoms with Crippen LogP contribution in [0.4, 0.5) is 0 Å². The first-order valence-corrected chi connectivity index (χ1v) is 9.05. The Morgan fingerprint density at radius 1 is 1.26 bits per heavy atom. The van der Waals surface area contributed by atoms with Crippen LogP contribution in [0.3, 0.4) is 0 Å². The number of rotatable bonds is 3. The lowest BCUT2D eigenvalue weighted by Crippen LogP contribution is -2.40. The summed E-state index contributed by atoms with van der Waals surface area (Å²) in [6.45, 7) is 0.892. The van der Waals surface area contributed by atoms with E-state index >= 15 is 0 Å². The Kier molecular flexibility index (Phi) is 3.12. The van der Waals surface area contributed by atoms with Gasteiger partial charge in [0.25, 0.3) is 0 Å². The summed E-state index contributed by atoms with van der Waals surface area (Å²) in [5.41, 5.74) is 2.94. The summed E-state index contributed by atoms with van der Waals surface area (Å²) in [5.74, 6) is 1.08. The minimum absolute atomic E-state index is 0.278. The molecule has 0 aromatic heterocycles. The molecule has 1 aromatic carbocycles. The molecular weight excluding hydrogens is 286 g/mol. The Morgan fingerprint density at radius 2 is 2.17 bits per heavy atom. The number of fused-ring (bicyclic) bond motifs is 2. The third-order valence-corrected chi connectivity index (χ3v) is 5.77. The zero-order chi connectivity index (χ0) is 15.4. The molecule has 3 nitrogen and oxygen atoms in total. The monoisotopic (exact) mass is 309 g/mol. The van der Waals surface area contributed by atoms with Crippen LogP contribution in [0.15, 0.2) is 18.2 Å². The van der Waals surface area contributed by atoms with Gasteiger partial charge in [-0.15, -0.1) is 0 Å². The van der Waals surface area contributed by atoms with Crippen molar-refractivity contribution >= 4 is 17.6 Å². The van der Waals surface area contributed by atoms with Crippen molar-refractivity contribution < 1.29 is 9.53 Å². The van der Waals surface area contributed by atoms with Crippen LogP contribution in [0, 0.1) is 5.92 Å². The molecule has 0 radical (unpaired) electrons. The Morgan fingerprint density at radius 3 is 3.04 bits per heavy atom. The molecule has 0 spiro atoms. The number of hydrogen-bond donors (Lipinski definition) is 1. The van der Waals surface area contributed by atoms with E-state index in [1.54, 1.807) is 0 Å². The summed E-state index contributed by atoms with van der Waals surface area (Å²) in [6, 6.07) is 7.02. The molecule has 4 aliphatic rings. The van der Waals surface area contributed by atoms with Crippen molar-refractivity contribution in [2.75, 3.05) is 6.61 Å². The minimum Gasteiger partial charge on any atom is -0.374 e. The third kappa shape index (κ3) is 2.42. The number of benzene rings is 1. The van der Waals surface area contributed by atoms with Crippen LogP contribution >= 0.6 is 0 Å². The summed E-state index contributed by atoms with van der Waals surface area (Å²) in [7, 11) is 0. The normalized spacial score (nSPS) is 31.7. The van der Waals surface area contributed by atoms with Crippen LogP contribution in [0.2, 0.25) is 0 Å². The van der Waals surface area contributed by atoms with E-state index in [9.17, 15) is 4.79 Å². The van der Waals surface area contributed by atoms with Crippen molar-refractivity contribution in [3.05, 3.63) is 34.2 Å². The van der Waals surface area contributed by atoms with E-state index in [1.165, 1.54) is 21.6 Å². The number of amides is 1. The van der Waals surface area contributed by atoms with Crippen LogP contribution in [0.25, 0.3) is 11.6 Å². The first-order chi connectivity index (χ1) is 11.3. The largest absolute Gasteiger partial charge is 0.374 e. The van der Waals surface area contributed by atoms with Crippen LogP contribution in [0.1, 0.15) is 50.0 Å². The van der Waals surface area contributed by atoms with Gasteiger partial charge in [-0.25, -0.2) is 0 Å². The first-order valence-electron chi connectivity index (χ1n) is 9.05. The highest BCUT2D eigenvalue weighted by atomic mass is 16.5. The molecule has 3 fully saturated rings. The minimum atomic E-state index is 0.278. The van der Waals surface area contributed by atoms with Gasteiger partial charge in [-0.3, -0.25) is 4.79 Å². The predicted octanol–water partition coefficient (Wildman–Crippen LogP) is 1.58. The van der Waals surface area contributed by atoms with E-state index in [0.717, 1.165) is 45.1 Å². The lowest BCUT2D eigenvalue weighted by atomic mass is 9.88. The highest BCUT2D eigenvalue weighted by molar-refractivity contribution is 5.81. The van der Waals surface area contributed by atoms with Gasteiger partial charge < -0.3 is 10.1 Å². The van der Waals surface area contributed by atoms with E-state index in [4.69, 9.17) is 4.74 Å². The molecule has 1 aliphatic heterocycles. The summed E-state index contributed by atoms with van der Waals surface area (Å²) in [5, 5.41) is 6.07. The fourth-order valence-electron chi connectivity index (χ4n) is 4.26. The molecule has 23 heavy (non-hydrogen) atoms. The highest BCUT2D eigenvalue weighted by Crippen LogP contribution is 2.41. The van der Waals surface area contributed by atoms with Crippen LogP contribution < -0.4 is 15.8 Å². The summed E-state index contributed by atoms with van der Waals surface area (Å²) in [6.07, 6.45) is 9.17. The van der Waals surface area contributed by atoms with Gasteiger partial charge in [0, 0.05) is 24.5 Å². The molecule has 1 amide bonds. The van der Waals surface area contributed by atoms with Gasteiger partial charge in [0.05, 0.1) is 6.10 Å². The van der Waals surface area contributed by atoms with E-state index in [-0.39, 0.29) is 12.0 Å². The van der Waals surface area contributed by atoms with Crippen molar-refractivity contribution in [1.29, 1.82) is 0 Å². The zero-order valence-electron chi connectivity index (χ0n) is 13.4. The Labute approximate surface area is 136 Å². The standard InChI is InChI=1S/C20H23NO2/c22-20(13-6-7-13)21-17-11-16(17)14-4-1-3-12-8-9-18-15(19(12)14)5-2-10-23-18/h1,3-4,8,13,16-18H,2,5-7,9-11H2,(H,21,22)/t16-,17+,18?/m0/s1. The number of nitrogens with one attached hydrogen (secondary N) is 1. The molecule has 2 saturated carbocycles. The predicted molar refractivity (Wildman–Crippen MR) is 89.2 cm³/mol. The summed E-state index contributed by atoms with van der Waals surface area (Å²) < 4.78 is 5.99. The molecular formula is C20H23NO2. The van der Waals surface area contributed by atoms with Crippen LogP contribution in [-0.4, -0.2) is 24.7 Å². The number of ether oxygens (including phenoxy) is 1. The second-order valence-corrected chi connectivity index (χ2v) is 7.47. The molecule has 1 heterocycles. The third-order valence-electron chi connectivity index (χ3n) is 5.77. The average molecular weight is 309 g/mol. The van der Waals surface area contributed by atoms with Crippen molar-refractivity contribution in [3.63, 3.8) is 0 Å². The molecule has 1 saturated heterocycles. The maximum Gasteiger partial charge on any atom is 0.223 e. The molecule has 0 bridgehead atoms. The summed E-state index contributed by atoms with van der Waals surface area (Å²) >= 11 is 0. The Hall–Kier alpha value is -1.61. The van der Waals surface area contributed by atoms with Crippen LogP contribution in [0.5, 0.6) is 0 Å². The maximum absolute atomic E-state index is 12.0. The molecule has 3 atom stereocenters.